The van der Waals surface area contributed by atoms with Crippen LogP contribution in [0.5, 0.6) is 0 Å². The molecule has 0 N–H and O–H groups in total. The molecular formula is C18H24B2N2O2S2. The molecule has 0 fully saturated rings. The lowest BCUT2D eigenvalue weighted by Crippen LogP contribution is -2.08. The average molecular weight is 386 g/mol. The van der Waals surface area contributed by atoms with E-state index in [2.05, 4.69) is 16.9 Å². The van der Waals surface area contributed by atoms with Crippen LogP contribution in [0.25, 0.3) is 0 Å². The largest absolute Gasteiger partial charge is 0.300 e. The number of carbonyl (C=O) groups is 2. The van der Waals surface area contributed by atoms with Gasteiger partial charge in [0.25, 0.3) is 0 Å². The van der Waals surface area contributed by atoms with Crippen LogP contribution in [0, 0.1) is 0 Å². The minimum absolute atomic E-state index is 0.0528. The first-order valence-corrected chi connectivity index (χ1v) is 10.4. The van der Waals surface area contributed by atoms with Crippen LogP contribution < -0.4 is 0 Å². The fourth-order valence-corrected chi connectivity index (χ4v) is 3.57. The monoisotopic (exact) mass is 386 g/mol. The van der Waals surface area contributed by atoms with Crippen LogP contribution in [0.15, 0.2) is 11.6 Å². The summed E-state index contributed by atoms with van der Waals surface area (Å²) < 4.78 is 0. The highest BCUT2D eigenvalue weighted by atomic mass is 32.1. The molecule has 0 aliphatic rings. The Hall–Kier alpha value is -1.27. The molecule has 2 heterocycles. The summed E-state index contributed by atoms with van der Waals surface area (Å²) in [6, 6.07) is 0. The number of aryl methyl sites for hydroxylation is 2. The van der Waals surface area contributed by atoms with Crippen LogP contribution in [0.4, 0.5) is 0 Å². The van der Waals surface area contributed by atoms with Crippen LogP contribution in [0.2, 0.25) is 11.6 Å². The molecule has 26 heavy (non-hydrogen) atoms. The second kappa shape index (κ2) is 11.4. The average Bonchev–Trinajstić information content (AvgIpc) is 3.24. The summed E-state index contributed by atoms with van der Waals surface area (Å²) in [5.41, 5.74) is 1.05. The lowest BCUT2D eigenvalue weighted by atomic mass is 9.84. The molecule has 0 aromatic carbocycles. The van der Waals surface area contributed by atoms with E-state index in [1.165, 1.54) is 16.2 Å². The molecule has 0 bridgehead atoms. The van der Waals surface area contributed by atoms with Gasteiger partial charge < -0.3 is 0 Å². The number of Topliss-reactive ketones (excluding diaryl/α,β-unsaturated/α-hetero) is 2. The van der Waals surface area contributed by atoms with Crippen molar-refractivity contribution >= 4 is 49.9 Å². The van der Waals surface area contributed by atoms with Crippen molar-refractivity contribution < 1.29 is 9.59 Å². The number of rotatable bonds is 8. The van der Waals surface area contributed by atoms with E-state index in [9.17, 15) is 9.59 Å². The molecular weight excluding hydrogens is 362 g/mol. The SMILES string of the molecule is [B]C(C)C(=O)Cc1nc(CC)cs1.[B]C(C)C(=O)Cc1ncc(CC)s1. The van der Waals surface area contributed by atoms with Crippen molar-refractivity contribution in [2.75, 3.05) is 0 Å². The van der Waals surface area contributed by atoms with E-state index in [0.29, 0.717) is 12.8 Å². The van der Waals surface area contributed by atoms with Crippen molar-refractivity contribution in [3.05, 3.63) is 32.2 Å². The third-order valence-electron chi connectivity index (χ3n) is 3.58. The Morgan fingerprint density at radius 2 is 1.62 bits per heavy atom. The van der Waals surface area contributed by atoms with Crippen molar-refractivity contribution in [1.82, 2.24) is 9.97 Å². The van der Waals surface area contributed by atoms with Crippen LogP contribution in [-0.4, -0.2) is 37.2 Å². The second-order valence-corrected chi connectivity index (χ2v) is 8.17. The molecule has 0 amide bonds. The molecule has 8 heteroatoms. The third-order valence-corrected chi connectivity index (χ3v) is 5.62. The molecule has 2 unspecified atom stereocenters. The molecule has 4 nitrogen and oxygen atoms in total. The first-order chi connectivity index (χ1) is 12.3. The van der Waals surface area contributed by atoms with E-state index in [4.69, 9.17) is 15.7 Å². The van der Waals surface area contributed by atoms with E-state index in [1.54, 1.807) is 25.2 Å². The predicted octanol–water partition coefficient (Wildman–Crippen LogP) is 3.59. The summed E-state index contributed by atoms with van der Waals surface area (Å²) >= 11 is 3.12. The summed E-state index contributed by atoms with van der Waals surface area (Å²) in [5, 5.41) is 3.74. The fraction of sp³-hybridized carbons (Fsp3) is 0.556. The summed E-state index contributed by atoms with van der Waals surface area (Å²) in [5.74, 6) is -0.656. The van der Waals surface area contributed by atoms with E-state index in [0.717, 1.165) is 28.6 Å². The normalized spacial score (nSPS) is 12.8. The summed E-state index contributed by atoms with van der Waals surface area (Å²) in [6.45, 7) is 7.53. The Labute approximate surface area is 166 Å². The Morgan fingerprint density at radius 3 is 2.04 bits per heavy atom. The fourth-order valence-electron chi connectivity index (χ4n) is 1.81. The molecule has 0 saturated heterocycles. The third kappa shape index (κ3) is 7.96. The number of aromatic nitrogens is 2. The second-order valence-electron chi connectivity index (χ2n) is 6.02. The maximum absolute atomic E-state index is 11.3. The minimum Gasteiger partial charge on any atom is -0.300 e. The first-order valence-electron chi connectivity index (χ1n) is 8.70. The van der Waals surface area contributed by atoms with Crippen molar-refractivity contribution in [2.24, 2.45) is 0 Å². The van der Waals surface area contributed by atoms with Crippen LogP contribution in [-0.2, 0) is 35.3 Å². The molecule has 0 saturated carbocycles. The minimum atomic E-state index is -0.381. The van der Waals surface area contributed by atoms with Gasteiger partial charge in [0.15, 0.2) is 0 Å². The van der Waals surface area contributed by atoms with Crippen molar-refractivity contribution in [2.45, 2.75) is 65.0 Å². The van der Waals surface area contributed by atoms with Gasteiger partial charge >= 0.3 is 0 Å². The molecule has 2 rings (SSSR count). The van der Waals surface area contributed by atoms with Crippen LogP contribution in [0.3, 0.4) is 0 Å². The number of ketones is 2. The molecule has 136 valence electrons. The topological polar surface area (TPSA) is 59.9 Å². The van der Waals surface area contributed by atoms with Crippen LogP contribution in [0.1, 0.15) is 48.3 Å². The molecule has 0 aliphatic carbocycles. The summed E-state index contributed by atoms with van der Waals surface area (Å²) in [4.78, 5) is 32.2. The smallest absolute Gasteiger partial charge is 0.133 e. The molecule has 0 aliphatic heterocycles. The zero-order chi connectivity index (χ0) is 19.7. The highest BCUT2D eigenvalue weighted by Gasteiger charge is 2.11. The Morgan fingerprint density at radius 1 is 1.04 bits per heavy atom. The number of hydrogen-bond acceptors (Lipinski definition) is 6. The Bertz CT molecular complexity index is 651. The highest BCUT2D eigenvalue weighted by molar-refractivity contribution is 7.11. The molecule has 2 aromatic rings. The maximum atomic E-state index is 11.3. The zero-order valence-electron chi connectivity index (χ0n) is 15.8. The molecule has 4 radical (unpaired) electrons. The number of hydrogen-bond donors (Lipinski definition) is 0. The van der Waals surface area contributed by atoms with E-state index in [1.807, 2.05) is 18.5 Å². The van der Waals surface area contributed by atoms with Gasteiger partial charge in [-0.2, -0.15) is 0 Å². The van der Waals surface area contributed by atoms with E-state index in [-0.39, 0.29) is 23.2 Å². The van der Waals surface area contributed by atoms with Crippen molar-refractivity contribution in [1.29, 1.82) is 0 Å². The van der Waals surface area contributed by atoms with Gasteiger partial charge in [0, 0.05) is 16.5 Å². The maximum Gasteiger partial charge on any atom is 0.133 e. The van der Waals surface area contributed by atoms with Gasteiger partial charge in [0.2, 0.25) is 0 Å². The lowest BCUT2D eigenvalue weighted by Gasteiger charge is -2.00. The highest BCUT2D eigenvalue weighted by Crippen LogP contribution is 2.16. The van der Waals surface area contributed by atoms with E-state index >= 15 is 0 Å². The number of carbonyl (C=O) groups excluding carboxylic acids is 2. The Balaban J connectivity index is 0.000000260. The molecule has 2 aromatic heterocycles. The van der Waals surface area contributed by atoms with E-state index < -0.39 is 0 Å². The van der Waals surface area contributed by atoms with Gasteiger partial charge in [0.1, 0.15) is 21.6 Å². The standard InChI is InChI=1S/2C9H12BNOS/c1-3-7-5-13-9(11-7)4-8(12)6(2)10;1-3-7-5-11-9(13-7)4-8(12)6(2)10/h2*5-6H,3-4H2,1-2H3. The van der Waals surface area contributed by atoms with Gasteiger partial charge in [-0.1, -0.05) is 27.7 Å². The molecule has 2 atom stereocenters. The van der Waals surface area contributed by atoms with Gasteiger partial charge in [-0.15, -0.1) is 22.7 Å². The predicted molar refractivity (Wildman–Crippen MR) is 111 cm³/mol. The van der Waals surface area contributed by atoms with Crippen molar-refractivity contribution in [3.63, 3.8) is 0 Å². The zero-order valence-corrected chi connectivity index (χ0v) is 17.5. The summed E-state index contributed by atoms with van der Waals surface area (Å²) in [6.07, 6.45) is 4.48. The van der Waals surface area contributed by atoms with Gasteiger partial charge in [-0.3, -0.25) is 9.59 Å². The van der Waals surface area contributed by atoms with Gasteiger partial charge in [-0.25, -0.2) is 9.97 Å². The lowest BCUT2D eigenvalue weighted by molar-refractivity contribution is -0.118. The van der Waals surface area contributed by atoms with Gasteiger partial charge in [-0.05, 0) is 24.5 Å². The van der Waals surface area contributed by atoms with Crippen molar-refractivity contribution in [3.8, 4) is 0 Å². The number of nitrogens with zero attached hydrogens (tertiary/aromatic N) is 2. The summed E-state index contributed by atoms with van der Waals surface area (Å²) in [7, 11) is 10.9. The first kappa shape index (κ1) is 22.8. The Kier molecular flexibility index (Phi) is 10.0. The van der Waals surface area contributed by atoms with Crippen LogP contribution >= 0.6 is 22.7 Å². The number of thiazole rings is 2. The molecule has 0 spiro atoms. The van der Waals surface area contributed by atoms with Gasteiger partial charge in [0.05, 0.1) is 34.2 Å². The quantitative estimate of drug-likeness (QED) is 0.651.